The molecule has 0 aliphatic heterocycles. The first-order valence-electron chi connectivity index (χ1n) is 7.96. The summed E-state index contributed by atoms with van der Waals surface area (Å²) < 4.78 is 5.17. The van der Waals surface area contributed by atoms with Crippen molar-refractivity contribution in [3.8, 4) is 11.3 Å². The SMILES string of the molecule is CCOC(=O)c1[nH]c2ccccc2c1-c1[nH]c2ccccc2c1N=O. The predicted molar refractivity (Wildman–Crippen MR) is 97.0 cm³/mol. The predicted octanol–water partition coefficient (Wildman–Crippen LogP) is 4.89. The van der Waals surface area contributed by atoms with Crippen molar-refractivity contribution in [3.63, 3.8) is 0 Å². The topological polar surface area (TPSA) is 87.3 Å². The Morgan fingerprint density at radius 2 is 1.64 bits per heavy atom. The van der Waals surface area contributed by atoms with Crippen LogP contribution in [0.4, 0.5) is 5.69 Å². The van der Waals surface area contributed by atoms with Crippen LogP contribution in [0.5, 0.6) is 0 Å². The van der Waals surface area contributed by atoms with Gasteiger partial charge in [0.15, 0.2) is 0 Å². The number of carbonyl (C=O) groups excluding carboxylic acids is 1. The summed E-state index contributed by atoms with van der Waals surface area (Å²) in [4.78, 5) is 30.3. The molecule has 0 aliphatic rings. The van der Waals surface area contributed by atoms with Crippen molar-refractivity contribution in [2.24, 2.45) is 5.18 Å². The average molecular weight is 333 g/mol. The summed E-state index contributed by atoms with van der Waals surface area (Å²) in [6.07, 6.45) is 0. The van der Waals surface area contributed by atoms with Gasteiger partial charge < -0.3 is 14.7 Å². The van der Waals surface area contributed by atoms with Crippen molar-refractivity contribution in [1.29, 1.82) is 0 Å². The van der Waals surface area contributed by atoms with E-state index in [0.717, 1.165) is 16.4 Å². The maximum Gasteiger partial charge on any atom is 0.355 e. The van der Waals surface area contributed by atoms with Crippen LogP contribution in [0.25, 0.3) is 33.1 Å². The van der Waals surface area contributed by atoms with Crippen LogP contribution >= 0.6 is 0 Å². The molecule has 124 valence electrons. The first-order chi connectivity index (χ1) is 12.2. The number of hydrogen-bond donors (Lipinski definition) is 2. The lowest BCUT2D eigenvalue weighted by Crippen LogP contribution is -2.06. The molecule has 0 saturated heterocycles. The zero-order valence-corrected chi connectivity index (χ0v) is 13.5. The maximum atomic E-state index is 12.4. The van der Waals surface area contributed by atoms with E-state index in [1.807, 2.05) is 48.5 Å². The molecule has 2 aromatic carbocycles. The van der Waals surface area contributed by atoms with Gasteiger partial charge in [-0.3, -0.25) is 0 Å². The molecule has 6 heteroatoms. The fourth-order valence-electron chi connectivity index (χ4n) is 3.16. The molecule has 0 atom stereocenters. The minimum absolute atomic E-state index is 0.263. The molecule has 2 heterocycles. The number of para-hydroxylation sites is 2. The molecule has 0 fully saturated rings. The first-order valence-corrected chi connectivity index (χ1v) is 7.96. The summed E-state index contributed by atoms with van der Waals surface area (Å²) in [6, 6.07) is 14.9. The molecule has 4 aromatic rings. The van der Waals surface area contributed by atoms with Crippen molar-refractivity contribution in [3.05, 3.63) is 59.1 Å². The van der Waals surface area contributed by atoms with Crippen LogP contribution in [0.3, 0.4) is 0 Å². The Kier molecular flexibility index (Phi) is 3.57. The number of aromatic nitrogens is 2. The summed E-state index contributed by atoms with van der Waals surface area (Å²) in [5.74, 6) is -0.468. The van der Waals surface area contributed by atoms with Crippen LogP contribution in [0, 0.1) is 4.91 Å². The van der Waals surface area contributed by atoms with Crippen LogP contribution in [0.1, 0.15) is 17.4 Å². The summed E-state index contributed by atoms with van der Waals surface area (Å²) in [6.45, 7) is 2.01. The molecule has 0 aliphatic carbocycles. The van der Waals surface area contributed by atoms with Gasteiger partial charge in [0, 0.05) is 27.4 Å². The van der Waals surface area contributed by atoms with E-state index in [4.69, 9.17) is 4.74 Å². The number of carbonyl (C=O) groups is 1. The van der Waals surface area contributed by atoms with Gasteiger partial charge in [-0.2, -0.15) is 0 Å². The highest BCUT2D eigenvalue weighted by atomic mass is 16.5. The minimum atomic E-state index is -0.468. The van der Waals surface area contributed by atoms with E-state index in [-0.39, 0.29) is 12.3 Å². The Bertz CT molecular complexity index is 1110. The third-order valence-electron chi connectivity index (χ3n) is 4.21. The van der Waals surface area contributed by atoms with Crippen LogP contribution in [0.2, 0.25) is 0 Å². The molecule has 2 aromatic heterocycles. The van der Waals surface area contributed by atoms with Crippen LogP contribution in [-0.4, -0.2) is 22.5 Å². The van der Waals surface area contributed by atoms with Crippen LogP contribution in [0.15, 0.2) is 53.7 Å². The number of ether oxygens (including phenoxy) is 1. The third-order valence-corrected chi connectivity index (χ3v) is 4.21. The molecule has 4 rings (SSSR count). The van der Waals surface area contributed by atoms with Crippen molar-refractivity contribution >= 4 is 33.5 Å². The minimum Gasteiger partial charge on any atom is -0.461 e. The molecule has 0 amide bonds. The maximum absolute atomic E-state index is 12.4. The van der Waals surface area contributed by atoms with E-state index in [0.29, 0.717) is 22.3 Å². The molecular weight excluding hydrogens is 318 g/mol. The highest BCUT2D eigenvalue weighted by Crippen LogP contribution is 2.41. The smallest absolute Gasteiger partial charge is 0.355 e. The zero-order chi connectivity index (χ0) is 17.4. The number of hydrogen-bond acceptors (Lipinski definition) is 4. The second kappa shape index (κ2) is 5.90. The van der Waals surface area contributed by atoms with Gasteiger partial charge in [-0.25, -0.2) is 4.79 Å². The Balaban J connectivity index is 2.08. The fourth-order valence-corrected chi connectivity index (χ4v) is 3.16. The lowest BCUT2D eigenvalue weighted by Gasteiger charge is -2.04. The Morgan fingerprint density at radius 3 is 2.32 bits per heavy atom. The Hall–Kier alpha value is -3.41. The second-order valence-corrected chi connectivity index (χ2v) is 5.63. The molecular formula is C19H15N3O3. The number of benzene rings is 2. The standard InChI is InChI=1S/C19H15N3O3/c1-2-25-19(23)18-15(11-7-3-5-9-13(11)21-18)17-16(22-24)12-8-4-6-10-14(12)20-17/h3-10,20-21H,2H2,1H3. The van der Waals surface area contributed by atoms with Crippen LogP contribution in [-0.2, 0) is 4.74 Å². The van der Waals surface area contributed by atoms with Gasteiger partial charge >= 0.3 is 5.97 Å². The third kappa shape index (κ3) is 2.30. The normalized spacial score (nSPS) is 11.1. The van der Waals surface area contributed by atoms with Crippen molar-refractivity contribution < 1.29 is 9.53 Å². The quantitative estimate of drug-likeness (QED) is 0.412. The van der Waals surface area contributed by atoms with Gasteiger partial charge in [-0.05, 0) is 24.2 Å². The number of nitroso groups, excluding NO2 is 1. The lowest BCUT2D eigenvalue weighted by atomic mass is 10.1. The lowest BCUT2D eigenvalue weighted by molar-refractivity contribution is 0.0521. The summed E-state index contributed by atoms with van der Waals surface area (Å²) in [7, 11) is 0. The number of esters is 1. The van der Waals surface area contributed by atoms with E-state index in [1.54, 1.807) is 6.92 Å². The van der Waals surface area contributed by atoms with E-state index < -0.39 is 5.97 Å². The van der Waals surface area contributed by atoms with Crippen molar-refractivity contribution in [2.75, 3.05) is 6.61 Å². The molecule has 0 bridgehead atoms. The zero-order valence-electron chi connectivity index (χ0n) is 13.5. The van der Waals surface area contributed by atoms with Gasteiger partial charge in [-0.1, -0.05) is 36.4 Å². The van der Waals surface area contributed by atoms with Crippen LogP contribution < -0.4 is 0 Å². The van der Waals surface area contributed by atoms with E-state index in [9.17, 15) is 9.70 Å². The van der Waals surface area contributed by atoms with Gasteiger partial charge in [-0.15, -0.1) is 4.91 Å². The summed E-state index contributed by atoms with van der Waals surface area (Å²) in [5.41, 5.74) is 3.27. The molecule has 0 unspecified atom stereocenters. The van der Waals surface area contributed by atoms with Crippen molar-refractivity contribution in [1.82, 2.24) is 9.97 Å². The van der Waals surface area contributed by atoms with Gasteiger partial charge in [0.1, 0.15) is 11.4 Å². The largest absolute Gasteiger partial charge is 0.461 e. The van der Waals surface area contributed by atoms with Gasteiger partial charge in [0.25, 0.3) is 0 Å². The fraction of sp³-hybridized carbons (Fsp3) is 0.105. The number of aromatic amines is 2. The van der Waals surface area contributed by atoms with E-state index in [1.165, 1.54) is 0 Å². The average Bonchev–Trinajstić information content (AvgIpc) is 3.19. The number of rotatable bonds is 4. The molecule has 2 N–H and O–H groups in total. The molecule has 0 radical (unpaired) electrons. The van der Waals surface area contributed by atoms with Crippen molar-refractivity contribution in [2.45, 2.75) is 6.92 Å². The number of nitrogens with one attached hydrogen (secondary N) is 2. The first kappa shape index (κ1) is 15.1. The molecule has 0 spiro atoms. The molecule has 0 saturated carbocycles. The highest BCUT2D eigenvalue weighted by molar-refractivity contribution is 6.12. The molecule has 6 nitrogen and oxygen atoms in total. The van der Waals surface area contributed by atoms with E-state index >= 15 is 0 Å². The Morgan fingerprint density at radius 1 is 1.00 bits per heavy atom. The van der Waals surface area contributed by atoms with E-state index in [2.05, 4.69) is 15.1 Å². The second-order valence-electron chi connectivity index (χ2n) is 5.63. The summed E-state index contributed by atoms with van der Waals surface area (Å²) in [5, 5.41) is 4.76. The van der Waals surface area contributed by atoms with Gasteiger partial charge in [0.2, 0.25) is 0 Å². The Labute approximate surface area is 142 Å². The number of H-pyrrole nitrogens is 2. The highest BCUT2D eigenvalue weighted by Gasteiger charge is 2.25. The number of fused-ring (bicyclic) bond motifs is 2. The monoisotopic (exact) mass is 333 g/mol. The number of nitrogens with zero attached hydrogens (tertiary/aromatic N) is 1. The van der Waals surface area contributed by atoms with Gasteiger partial charge in [0.05, 0.1) is 12.3 Å². The molecule has 25 heavy (non-hydrogen) atoms. The summed E-state index contributed by atoms with van der Waals surface area (Å²) >= 11 is 0.